The summed E-state index contributed by atoms with van der Waals surface area (Å²) in [5.41, 5.74) is -0.753. The summed E-state index contributed by atoms with van der Waals surface area (Å²) >= 11 is 0. The van der Waals surface area contributed by atoms with Crippen LogP contribution in [0.2, 0.25) is 0 Å². The summed E-state index contributed by atoms with van der Waals surface area (Å²) in [6, 6.07) is 4.02. The molecule has 3 heterocycles. The van der Waals surface area contributed by atoms with E-state index in [-0.39, 0.29) is 18.4 Å². The maximum absolute atomic E-state index is 12.8. The van der Waals surface area contributed by atoms with Crippen LogP contribution in [0.25, 0.3) is 0 Å². The van der Waals surface area contributed by atoms with E-state index in [9.17, 15) is 14.4 Å². The van der Waals surface area contributed by atoms with Gasteiger partial charge in [0.05, 0.1) is 0 Å². The Balaban J connectivity index is 1.35. The maximum atomic E-state index is 12.8. The first-order valence-corrected chi connectivity index (χ1v) is 9.63. The zero-order valence-corrected chi connectivity index (χ0v) is 15.0. The lowest BCUT2D eigenvalue weighted by Gasteiger charge is -2.33. The van der Waals surface area contributed by atoms with Crippen molar-refractivity contribution in [1.82, 2.24) is 19.7 Å². The molecule has 7 heteroatoms. The van der Waals surface area contributed by atoms with E-state index < -0.39 is 11.6 Å². The molecule has 1 aromatic heterocycles. The third-order valence-corrected chi connectivity index (χ3v) is 6.11. The number of likely N-dealkylation sites (tertiary alicyclic amines) is 1. The van der Waals surface area contributed by atoms with Crippen molar-refractivity contribution in [3.05, 3.63) is 24.5 Å². The SMILES string of the molecule is O=C(CN1C(=O)NC2(CCCCC2)C1=O)N1CCC(n2cccc2)CC1. The van der Waals surface area contributed by atoms with E-state index >= 15 is 0 Å². The van der Waals surface area contributed by atoms with Gasteiger partial charge in [-0.25, -0.2) is 4.79 Å². The zero-order chi connectivity index (χ0) is 18.1. The number of carbonyl (C=O) groups excluding carboxylic acids is 3. The van der Waals surface area contributed by atoms with Gasteiger partial charge in [0.15, 0.2) is 0 Å². The molecule has 3 aliphatic rings. The molecule has 1 aromatic rings. The lowest BCUT2D eigenvalue weighted by Crippen LogP contribution is -2.49. The lowest BCUT2D eigenvalue weighted by molar-refractivity contribution is -0.140. The molecule has 3 fully saturated rings. The minimum atomic E-state index is -0.753. The minimum Gasteiger partial charge on any atom is -0.351 e. The van der Waals surface area contributed by atoms with Gasteiger partial charge >= 0.3 is 6.03 Å². The molecule has 4 amide bonds. The van der Waals surface area contributed by atoms with Gasteiger partial charge in [0.25, 0.3) is 5.91 Å². The number of aromatic nitrogens is 1. The standard InChI is InChI=1S/C19H26N4O3/c24-16(22-12-6-15(7-13-22)21-10-4-5-11-21)14-23-17(25)19(20-18(23)26)8-2-1-3-9-19/h4-5,10-11,15H,1-3,6-9,12-14H2,(H,20,26). The molecule has 4 rings (SSSR count). The van der Waals surface area contributed by atoms with Crippen LogP contribution in [0.1, 0.15) is 51.0 Å². The lowest BCUT2D eigenvalue weighted by atomic mass is 9.82. The quantitative estimate of drug-likeness (QED) is 0.839. The fourth-order valence-electron chi connectivity index (χ4n) is 4.55. The largest absolute Gasteiger partial charge is 0.351 e. The highest BCUT2D eigenvalue weighted by atomic mass is 16.2. The number of hydrogen-bond acceptors (Lipinski definition) is 3. The van der Waals surface area contributed by atoms with Gasteiger partial charge in [-0.1, -0.05) is 19.3 Å². The summed E-state index contributed by atoms with van der Waals surface area (Å²) in [6.07, 6.45) is 10.3. The number of nitrogens with zero attached hydrogens (tertiary/aromatic N) is 3. The number of urea groups is 1. The number of imide groups is 1. The van der Waals surface area contributed by atoms with Gasteiger partial charge in [0.2, 0.25) is 5.91 Å². The monoisotopic (exact) mass is 358 g/mol. The molecule has 1 saturated carbocycles. The van der Waals surface area contributed by atoms with Gasteiger partial charge < -0.3 is 14.8 Å². The molecule has 0 bridgehead atoms. The van der Waals surface area contributed by atoms with Crippen LogP contribution in [0.5, 0.6) is 0 Å². The number of nitrogens with one attached hydrogen (secondary N) is 1. The first kappa shape index (κ1) is 17.1. The molecule has 1 spiro atoms. The third kappa shape index (κ3) is 2.99. The van der Waals surface area contributed by atoms with Crippen molar-refractivity contribution in [2.45, 2.75) is 56.5 Å². The van der Waals surface area contributed by atoms with Crippen molar-refractivity contribution in [3.63, 3.8) is 0 Å². The Morgan fingerprint density at radius 1 is 1.08 bits per heavy atom. The smallest absolute Gasteiger partial charge is 0.325 e. The van der Waals surface area contributed by atoms with E-state index in [1.54, 1.807) is 4.90 Å². The molecule has 2 saturated heterocycles. The average molecular weight is 358 g/mol. The number of piperidine rings is 1. The van der Waals surface area contributed by atoms with Crippen molar-refractivity contribution in [2.75, 3.05) is 19.6 Å². The molecule has 1 N–H and O–H groups in total. The van der Waals surface area contributed by atoms with Crippen LogP contribution in [0.3, 0.4) is 0 Å². The number of rotatable bonds is 3. The van der Waals surface area contributed by atoms with Crippen LogP contribution in [-0.2, 0) is 9.59 Å². The maximum Gasteiger partial charge on any atom is 0.325 e. The Bertz CT molecular complexity index is 686. The van der Waals surface area contributed by atoms with E-state index in [4.69, 9.17) is 0 Å². The molecule has 26 heavy (non-hydrogen) atoms. The number of hydrogen-bond donors (Lipinski definition) is 1. The van der Waals surface area contributed by atoms with E-state index in [1.807, 2.05) is 12.1 Å². The number of carbonyl (C=O) groups is 3. The second-order valence-corrected chi connectivity index (χ2v) is 7.71. The van der Waals surface area contributed by atoms with Crippen molar-refractivity contribution < 1.29 is 14.4 Å². The van der Waals surface area contributed by atoms with Crippen molar-refractivity contribution in [3.8, 4) is 0 Å². The third-order valence-electron chi connectivity index (χ3n) is 6.11. The molecular weight excluding hydrogens is 332 g/mol. The van der Waals surface area contributed by atoms with Gasteiger partial charge in [-0.05, 0) is 37.8 Å². The van der Waals surface area contributed by atoms with Gasteiger partial charge in [0.1, 0.15) is 12.1 Å². The summed E-state index contributed by atoms with van der Waals surface area (Å²) < 4.78 is 2.19. The molecule has 140 valence electrons. The Morgan fingerprint density at radius 3 is 2.38 bits per heavy atom. The van der Waals surface area contributed by atoms with E-state index in [0.29, 0.717) is 32.0 Å². The first-order chi connectivity index (χ1) is 12.6. The Kier molecular flexibility index (Phi) is 4.46. The Morgan fingerprint density at radius 2 is 1.73 bits per heavy atom. The minimum absolute atomic E-state index is 0.132. The zero-order valence-electron chi connectivity index (χ0n) is 15.0. The van der Waals surface area contributed by atoms with Gasteiger partial charge in [-0.2, -0.15) is 0 Å². The number of amides is 4. The summed E-state index contributed by atoms with van der Waals surface area (Å²) in [4.78, 5) is 40.7. The molecule has 0 atom stereocenters. The molecule has 0 aromatic carbocycles. The normalized spacial score (nSPS) is 23.5. The highest BCUT2D eigenvalue weighted by Crippen LogP contribution is 2.33. The molecule has 1 aliphatic carbocycles. The summed E-state index contributed by atoms with van der Waals surface area (Å²) in [5, 5.41) is 2.87. The average Bonchev–Trinajstić information content (AvgIpc) is 3.27. The highest BCUT2D eigenvalue weighted by Gasteiger charge is 2.51. The van der Waals surface area contributed by atoms with Crippen LogP contribution >= 0.6 is 0 Å². The Hall–Kier alpha value is -2.31. The Labute approximate surface area is 153 Å². The van der Waals surface area contributed by atoms with Crippen molar-refractivity contribution in [2.24, 2.45) is 0 Å². The molecular formula is C19H26N4O3. The summed E-state index contributed by atoms with van der Waals surface area (Å²) in [7, 11) is 0. The van der Waals surface area contributed by atoms with E-state index in [0.717, 1.165) is 37.0 Å². The predicted octanol–water partition coefficient (Wildman–Crippen LogP) is 1.91. The molecule has 0 unspecified atom stereocenters. The van der Waals surface area contributed by atoms with Gasteiger partial charge in [0, 0.05) is 31.5 Å². The van der Waals surface area contributed by atoms with Crippen molar-refractivity contribution >= 4 is 17.8 Å². The molecule has 2 aliphatic heterocycles. The second-order valence-electron chi connectivity index (χ2n) is 7.71. The molecule has 0 radical (unpaired) electrons. The predicted molar refractivity (Wildman–Crippen MR) is 95.3 cm³/mol. The van der Waals surface area contributed by atoms with E-state index in [1.165, 1.54) is 0 Å². The van der Waals surface area contributed by atoms with E-state index in [2.05, 4.69) is 22.3 Å². The van der Waals surface area contributed by atoms with Crippen LogP contribution in [-0.4, -0.2) is 57.4 Å². The fourth-order valence-corrected chi connectivity index (χ4v) is 4.55. The van der Waals surface area contributed by atoms with Gasteiger partial charge in [-0.15, -0.1) is 0 Å². The van der Waals surface area contributed by atoms with Crippen LogP contribution in [0, 0.1) is 0 Å². The summed E-state index contributed by atoms with van der Waals surface area (Å²) in [5.74, 6) is -0.343. The van der Waals surface area contributed by atoms with Crippen LogP contribution < -0.4 is 5.32 Å². The summed E-state index contributed by atoms with van der Waals surface area (Å²) in [6.45, 7) is 1.19. The van der Waals surface area contributed by atoms with Crippen LogP contribution in [0.4, 0.5) is 4.79 Å². The van der Waals surface area contributed by atoms with Crippen molar-refractivity contribution in [1.29, 1.82) is 0 Å². The van der Waals surface area contributed by atoms with Gasteiger partial charge in [-0.3, -0.25) is 14.5 Å². The highest BCUT2D eigenvalue weighted by molar-refractivity contribution is 6.09. The van der Waals surface area contributed by atoms with Crippen LogP contribution in [0.15, 0.2) is 24.5 Å². The second kappa shape index (κ2) is 6.78. The first-order valence-electron chi connectivity index (χ1n) is 9.63. The fraction of sp³-hybridized carbons (Fsp3) is 0.632. The topological polar surface area (TPSA) is 74.7 Å². The molecule has 7 nitrogen and oxygen atoms in total.